The summed E-state index contributed by atoms with van der Waals surface area (Å²) in [6, 6.07) is 8.14. The number of hydrogen-bond acceptors (Lipinski definition) is 3. The molecule has 0 amide bonds. The third kappa shape index (κ3) is 4.81. The molecule has 1 aliphatic heterocycles. The number of rotatable bonds is 4. The second-order valence-electron chi connectivity index (χ2n) is 10.1. The summed E-state index contributed by atoms with van der Waals surface area (Å²) in [6.45, 7) is 14.2. The molecule has 1 unspecified atom stereocenters. The fourth-order valence-electron chi connectivity index (χ4n) is 5.85. The lowest BCUT2D eigenvalue weighted by Crippen LogP contribution is -2.54. The summed E-state index contributed by atoms with van der Waals surface area (Å²) < 4.78 is 0. The van der Waals surface area contributed by atoms with Gasteiger partial charge in [0, 0.05) is 43.7 Å². The fourth-order valence-corrected chi connectivity index (χ4v) is 6.05. The molecule has 3 nitrogen and oxygen atoms in total. The zero-order valence-corrected chi connectivity index (χ0v) is 17.6. The van der Waals surface area contributed by atoms with E-state index in [1.807, 2.05) is 12.1 Å². The van der Waals surface area contributed by atoms with Gasteiger partial charge in [0.15, 0.2) is 0 Å². The molecule has 0 spiro atoms. The minimum Gasteiger partial charge on any atom is -0.389 e. The SMILES string of the molecule is CC1(C)CC(C)(C)CC(O)(C(CN2CCNCC2)c2cccc(Cl)c2)C1. The van der Waals surface area contributed by atoms with E-state index < -0.39 is 5.60 Å². The molecule has 2 aliphatic rings. The van der Waals surface area contributed by atoms with Gasteiger partial charge in [-0.3, -0.25) is 0 Å². The maximum absolute atomic E-state index is 12.0. The van der Waals surface area contributed by atoms with Crippen molar-refractivity contribution < 1.29 is 5.11 Å². The van der Waals surface area contributed by atoms with Gasteiger partial charge in [-0.1, -0.05) is 51.4 Å². The summed E-state index contributed by atoms with van der Waals surface area (Å²) in [7, 11) is 0. The number of hydrogen-bond donors (Lipinski definition) is 2. The largest absolute Gasteiger partial charge is 0.389 e. The van der Waals surface area contributed by atoms with E-state index in [1.165, 1.54) is 5.56 Å². The van der Waals surface area contributed by atoms with Gasteiger partial charge in [0.1, 0.15) is 0 Å². The Labute approximate surface area is 164 Å². The molecular weight excluding hydrogens is 344 g/mol. The van der Waals surface area contributed by atoms with Gasteiger partial charge in [0.25, 0.3) is 0 Å². The predicted molar refractivity (Wildman–Crippen MR) is 110 cm³/mol. The normalized spacial score (nSPS) is 26.4. The van der Waals surface area contributed by atoms with Gasteiger partial charge in [-0.15, -0.1) is 0 Å². The molecule has 0 bridgehead atoms. The molecule has 1 aromatic carbocycles. The summed E-state index contributed by atoms with van der Waals surface area (Å²) in [6.07, 6.45) is 2.83. The molecule has 1 aromatic rings. The zero-order chi connectivity index (χ0) is 19.0. The van der Waals surface area contributed by atoms with Crippen LogP contribution in [0.25, 0.3) is 0 Å². The number of halogens is 1. The van der Waals surface area contributed by atoms with E-state index in [0.717, 1.165) is 57.0 Å². The Morgan fingerprint density at radius 3 is 2.27 bits per heavy atom. The van der Waals surface area contributed by atoms with Crippen LogP contribution in [0.5, 0.6) is 0 Å². The molecule has 1 saturated carbocycles. The highest BCUT2D eigenvalue weighted by Gasteiger charge is 2.50. The second-order valence-corrected chi connectivity index (χ2v) is 10.6. The molecule has 0 radical (unpaired) electrons. The van der Waals surface area contributed by atoms with Crippen LogP contribution < -0.4 is 5.32 Å². The highest BCUT2D eigenvalue weighted by atomic mass is 35.5. The van der Waals surface area contributed by atoms with E-state index in [1.54, 1.807) is 0 Å². The molecule has 1 aliphatic carbocycles. The summed E-state index contributed by atoms with van der Waals surface area (Å²) >= 11 is 6.32. The van der Waals surface area contributed by atoms with Gasteiger partial charge < -0.3 is 15.3 Å². The lowest BCUT2D eigenvalue weighted by Gasteiger charge is -2.53. The molecule has 146 valence electrons. The van der Waals surface area contributed by atoms with Crippen LogP contribution >= 0.6 is 11.6 Å². The van der Waals surface area contributed by atoms with Gasteiger partial charge in [0.05, 0.1) is 5.60 Å². The molecule has 2 fully saturated rings. The van der Waals surface area contributed by atoms with Crippen molar-refractivity contribution in [3.8, 4) is 0 Å². The van der Waals surface area contributed by atoms with Crippen molar-refractivity contribution >= 4 is 11.6 Å². The average molecular weight is 379 g/mol. The van der Waals surface area contributed by atoms with Crippen molar-refractivity contribution in [1.29, 1.82) is 0 Å². The fraction of sp³-hybridized carbons (Fsp3) is 0.727. The molecule has 0 aromatic heterocycles. The van der Waals surface area contributed by atoms with Crippen molar-refractivity contribution in [2.45, 2.75) is 58.5 Å². The van der Waals surface area contributed by atoms with E-state index in [9.17, 15) is 5.11 Å². The molecule has 26 heavy (non-hydrogen) atoms. The van der Waals surface area contributed by atoms with E-state index in [2.05, 4.69) is 50.0 Å². The average Bonchev–Trinajstić information content (AvgIpc) is 2.50. The Bertz CT molecular complexity index is 606. The highest BCUT2D eigenvalue weighted by Crippen LogP contribution is 2.54. The van der Waals surface area contributed by atoms with Gasteiger partial charge in [-0.25, -0.2) is 0 Å². The number of benzene rings is 1. The topological polar surface area (TPSA) is 35.5 Å². The second kappa shape index (κ2) is 7.43. The minimum atomic E-state index is -0.708. The predicted octanol–water partition coefficient (Wildman–Crippen LogP) is 4.30. The van der Waals surface area contributed by atoms with Crippen LogP contribution in [-0.2, 0) is 0 Å². The Balaban J connectivity index is 1.95. The first-order valence-electron chi connectivity index (χ1n) is 10.00. The lowest BCUT2D eigenvalue weighted by molar-refractivity contribution is -0.107. The number of nitrogens with zero attached hydrogens (tertiary/aromatic N) is 1. The number of aliphatic hydroxyl groups is 1. The van der Waals surface area contributed by atoms with Gasteiger partial charge in [-0.2, -0.15) is 0 Å². The number of nitrogens with one attached hydrogen (secondary N) is 1. The summed E-state index contributed by atoms with van der Waals surface area (Å²) in [5.74, 6) is 0.0816. The monoisotopic (exact) mass is 378 g/mol. The zero-order valence-electron chi connectivity index (χ0n) is 16.8. The summed E-state index contributed by atoms with van der Waals surface area (Å²) in [5, 5.41) is 16.2. The van der Waals surface area contributed by atoms with E-state index >= 15 is 0 Å². The third-order valence-electron chi connectivity index (χ3n) is 6.08. The van der Waals surface area contributed by atoms with Crippen LogP contribution in [-0.4, -0.2) is 48.3 Å². The van der Waals surface area contributed by atoms with Gasteiger partial charge in [0.2, 0.25) is 0 Å². The Kier molecular flexibility index (Phi) is 5.75. The van der Waals surface area contributed by atoms with Crippen LogP contribution in [0.4, 0.5) is 0 Å². The van der Waals surface area contributed by atoms with Gasteiger partial charge >= 0.3 is 0 Å². The maximum atomic E-state index is 12.0. The van der Waals surface area contributed by atoms with Crippen molar-refractivity contribution in [2.24, 2.45) is 10.8 Å². The molecule has 1 heterocycles. The Morgan fingerprint density at radius 2 is 1.69 bits per heavy atom. The highest BCUT2D eigenvalue weighted by molar-refractivity contribution is 6.30. The quantitative estimate of drug-likeness (QED) is 0.820. The van der Waals surface area contributed by atoms with E-state index in [-0.39, 0.29) is 16.7 Å². The molecule has 2 N–H and O–H groups in total. The maximum Gasteiger partial charge on any atom is 0.0738 e. The smallest absolute Gasteiger partial charge is 0.0738 e. The van der Waals surface area contributed by atoms with Crippen LogP contribution in [0.2, 0.25) is 5.02 Å². The molecule has 1 saturated heterocycles. The van der Waals surface area contributed by atoms with Crippen LogP contribution in [0.15, 0.2) is 24.3 Å². The first kappa shape index (κ1) is 20.1. The third-order valence-corrected chi connectivity index (χ3v) is 6.31. The van der Waals surface area contributed by atoms with E-state index in [0.29, 0.717) is 0 Å². The van der Waals surface area contributed by atoms with Crippen molar-refractivity contribution in [1.82, 2.24) is 10.2 Å². The van der Waals surface area contributed by atoms with Crippen molar-refractivity contribution in [3.63, 3.8) is 0 Å². The summed E-state index contributed by atoms with van der Waals surface area (Å²) in [5.41, 5.74) is 0.737. The van der Waals surface area contributed by atoms with E-state index in [4.69, 9.17) is 11.6 Å². The first-order chi connectivity index (χ1) is 12.1. The van der Waals surface area contributed by atoms with Crippen molar-refractivity contribution in [2.75, 3.05) is 32.7 Å². The Morgan fingerprint density at radius 1 is 1.08 bits per heavy atom. The van der Waals surface area contributed by atoms with Crippen LogP contribution in [0.1, 0.15) is 58.4 Å². The molecule has 1 atom stereocenters. The van der Waals surface area contributed by atoms with Gasteiger partial charge in [-0.05, 0) is 47.8 Å². The molecule has 3 rings (SSSR count). The van der Waals surface area contributed by atoms with Crippen molar-refractivity contribution in [3.05, 3.63) is 34.9 Å². The standard InChI is InChI=1S/C22H35ClN2O/c1-20(2)14-21(3,4)16-22(26,15-20)19(13-25-10-8-24-9-11-25)17-6-5-7-18(23)12-17/h5-7,12,19,24,26H,8-11,13-16H2,1-4H3. The minimum absolute atomic E-state index is 0.0816. The Hall–Kier alpha value is -0.610. The van der Waals surface area contributed by atoms with Crippen LogP contribution in [0, 0.1) is 10.8 Å². The molecular formula is C22H35ClN2O. The lowest BCUT2D eigenvalue weighted by atomic mass is 9.56. The first-order valence-corrected chi connectivity index (χ1v) is 10.4. The summed E-state index contributed by atoms with van der Waals surface area (Å²) in [4.78, 5) is 2.49. The van der Waals surface area contributed by atoms with Crippen LogP contribution in [0.3, 0.4) is 0 Å². The molecule has 4 heteroatoms. The number of piperazine rings is 1.